The summed E-state index contributed by atoms with van der Waals surface area (Å²) in [6.45, 7) is 2.32. The molecule has 1 amide bonds. The lowest BCUT2D eigenvalue weighted by Gasteiger charge is -2.57. The van der Waals surface area contributed by atoms with Crippen LogP contribution in [0.15, 0.2) is 91.0 Å². The fraction of sp³-hybridized carbons (Fsp3) is 0.421. The van der Waals surface area contributed by atoms with Crippen LogP contribution in [0.3, 0.4) is 0 Å². The van der Waals surface area contributed by atoms with Crippen molar-refractivity contribution in [3.8, 4) is 39.5 Å². The number of phenols is 1. The number of rotatable bonds is 13. The predicted octanol–water partition coefficient (Wildman–Crippen LogP) is 12.7. The first-order chi connectivity index (χ1) is 31.9. The maximum atomic E-state index is 14.6. The van der Waals surface area contributed by atoms with Crippen LogP contribution in [0, 0.1) is 35.5 Å². The molecule has 340 valence electrons. The quantitative estimate of drug-likeness (QED) is 0.0465. The summed E-state index contributed by atoms with van der Waals surface area (Å²) in [6, 6.07) is 27.5. The number of ether oxygens (including phenoxy) is 2. The molecule has 8 fully saturated rings. The Kier molecular flexibility index (Phi) is 11.0. The molecule has 8 aliphatic carbocycles. The van der Waals surface area contributed by atoms with Crippen molar-refractivity contribution in [3.63, 3.8) is 0 Å². The second-order valence-electron chi connectivity index (χ2n) is 21.2. The molecule has 8 saturated carbocycles. The highest BCUT2D eigenvalue weighted by molar-refractivity contribution is 6.38. The number of esters is 1. The molecule has 0 atom stereocenters. The van der Waals surface area contributed by atoms with Crippen LogP contribution in [0.1, 0.15) is 117 Å². The van der Waals surface area contributed by atoms with Crippen LogP contribution in [0.25, 0.3) is 39.1 Å². The number of fused-ring (bicyclic) bond motifs is 1. The van der Waals surface area contributed by atoms with Gasteiger partial charge in [-0.2, -0.15) is 0 Å². The lowest BCUT2D eigenvalue weighted by Crippen LogP contribution is -2.48. The highest BCUT2D eigenvalue weighted by atomic mass is 35.5. The van der Waals surface area contributed by atoms with Gasteiger partial charge in [-0.1, -0.05) is 60.1 Å². The highest BCUT2D eigenvalue weighted by Crippen LogP contribution is 2.64. The Bertz CT molecular complexity index is 2740. The van der Waals surface area contributed by atoms with Crippen molar-refractivity contribution in [2.75, 3.05) is 13.2 Å². The summed E-state index contributed by atoms with van der Waals surface area (Å²) in [7, 11) is 0. The maximum Gasteiger partial charge on any atom is 0.344 e. The molecule has 0 aliphatic heterocycles. The van der Waals surface area contributed by atoms with E-state index in [1.165, 1.54) is 45.4 Å². The summed E-state index contributed by atoms with van der Waals surface area (Å²) < 4.78 is 13.0. The maximum absolute atomic E-state index is 14.6. The van der Waals surface area contributed by atoms with Gasteiger partial charge in [0.15, 0.2) is 0 Å². The van der Waals surface area contributed by atoms with E-state index in [0.29, 0.717) is 70.7 Å². The standard InChI is InChI=1S/C57H58ClNO7/c1-33(60)59-16-3-17-65-52-24-34(7-15-53(62)63)6-10-43(52)41-9-14-51(49(26-41)57-30-38-21-39(31-57)23-40(22-38)32-57)66-55(64)47-5-2-4-46-45(47)12-11-44(54(46)58)42-8-13-50(61)48(25-42)56-27-35-18-36(28-56)20-37(19-35)29-56/h2,4-15,24-26,35-40,61H,3,16-23,27-32H2,1H3,(H,59,60)(H,62,63). The fourth-order valence-corrected chi connectivity index (χ4v) is 15.1. The number of hydrogen-bond donors (Lipinski definition) is 3. The molecule has 0 spiro atoms. The van der Waals surface area contributed by atoms with Gasteiger partial charge in [-0.25, -0.2) is 9.59 Å². The molecular weight excluding hydrogens is 846 g/mol. The van der Waals surface area contributed by atoms with Crippen molar-refractivity contribution < 1.29 is 34.1 Å². The zero-order chi connectivity index (χ0) is 45.3. The van der Waals surface area contributed by atoms with Gasteiger partial charge in [-0.15, -0.1) is 0 Å². The molecule has 8 nitrogen and oxygen atoms in total. The van der Waals surface area contributed by atoms with Gasteiger partial charge in [-0.3, -0.25) is 4.79 Å². The predicted molar refractivity (Wildman–Crippen MR) is 258 cm³/mol. The average molecular weight is 905 g/mol. The Hall–Kier alpha value is -5.60. The van der Waals surface area contributed by atoms with Crippen LogP contribution in [0.5, 0.6) is 17.2 Å². The number of amides is 1. The van der Waals surface area contributed by atoms with Crippen molar-refractivity contribution in [3.05, 3.63) is 118 Å². The van der Waals surface area contributed by atoms with Crippen LogP contribution < -0.4 is 14.8 Å². The first-order valence-corrected chi connectivity index (χ1v) is 24.6. The van der Waals surface area contributed by atoms with E-state index in [2.05, 4.69) is 17.4 Å². The monoisotopic (exact) mass is 903 g/mol. The molecule has 0 unspecified atom stereocenters. The van der Waals surface area contributed by atoms with Crippen molar-refractivity contribution in [1.29, 1.82) is 0 Å². The second kappa shape index (κ2) is 16.9. The molecule has 66 heavy (non-hydrogen) atoms. The van der Waals surface area contributed by atoms with Gasteiger partial charge in [0.1, 0.15) is 17.2 Å². The Balaban J connectivity index is 0.929. The third-order valence-electron chi connectivity index (χ3n) is 16.6. The first-order valence-electron chi connectivity index (χ1n) is 24.3. The summed E-state index contributed by atoms with van der Waals surface area (Å²) in [5.41, 5.74) is 6.80. The van der Waals surface area contributed by atoms with E-state index in [1.807, 2.05) is 72.8 Å². The first kappa shape index (κ1) is 43.0. The molecule has 0 heterocycles. The van der Waals surface area contributed by atoms with Crippen LogP contribution in [0.4, 0.5) is 0 Å². The normalized spacial score (nSPS) is 28.0. The molecule has 5 aromatic rings. The van der Waals surface area contributed by atoms with Crippen molar-refractivity contribution in [2.24, 2.45) is 35.5 Å². The Morgan fingerprint density at radius 3 is 1.92 bits per heavy atom. The third-order valence-corrected chi connectivity index (χ3v) is 17.0. The number of aromatic hydroxyl groups is 1. The van der Waals surface area contributed by atoms with Gasteiger partial charge in [0.05, 0.1) is 17.2 Å². The number of phenolic OH excluding ortho intramolecular Hbond substituents is 1. The molecular formula is C57H58ClNO7. The number of benzene rings is 5. The van der Waals surface area contributed by atoms with Crippen molar-refractivity contribution in [1.82, 2.24) is 5.32 Å². The Labute approximate surface area is 391 Å². The molecule has 5 aromatic carbocycles. The fourth-order valence-electron chi connectivity index (χ4n) is 14.8. The number of carbonyl (C=O) groups excluding carboxylic acids is 2. The lowest BCUT2D eigenvalue weighted by atomic mass is 9.48. The zero-order valence-electron chi connectivity index (χ0n) is 37.6. The van der Waals surface area contributed by atoms with E-state index in [9.17, 15) is 24.6 Å². The summed E-state index contributed by atoms with van der Waals surface area (Å²) >= 11 is 7.34. The second-order valence-corrected chi connectivity index (χ2v) is 21.5. The number of nitrogens with one attached hydrogen (secondary N) is 1. The molecule has 9 heteroatoms. The molecule has 0 aromatic heterocycles. The van der Waals surface area contributed by atoms with E-state index in [0.717, 1.165) is 107 Å². The summed E-state index contributed by atoms with van der Waals surface area (Å²) in [6.07, 6.45) is 17.7. The van der Waals surface area contributed by atoms with E-state index >= 15 is 0 Å². The summed E-state index contributed by atoms with van der Waals surface area (Å²) in [4.78, 5) is 37.5. The van der Waals surface area contributed by atoms with Crippen LogP contribution >= 0.6 is 11.6 Å². The molecule has 0 radical (unpaired) electrons. The molecule has 3 N–H and O–H groups in total. The minimum Gasteiger partial charge on any atom is -0.508 e. The van der Waals surface area contributed by atoms with Crippen molar-refractivity contribution >= 4 is 46.3 Å². The largest absolute Gasteiger partial charge is 0.508 e. The van der Waals surface area contributed by atoms with Gasteiger partial charge in [0.25, 0.3) is 0 Å². The van der Waals surface area contributed by atoms with Gasteiger partial charge in [0, 0.05) is 47.2 Å². The number of carbonyl (C=O) groups is 3. The smallest absolute Gasteiger partial charge is 0.344 e. The number of carboxylic acids is 1. The highest BCUT2D eigenvalue weighted by Gasteiger charge is 2.54. The van der Waals surface area contributed by atoms with E-state index in [-0.39, 0.29) is 16.7 Å². The van der Waals surface area contributed by atoms with E-state index in [1.54, 1.807) is 6.08 Å². The third kappa shape index (κ3) is 7.97. The minimum atomic E-state index is -1.03. The Morgan fingerprint density at radius 2 is 1.29 bits per heavy atom. The minimum absolute atomic E-state index is 0.0271. The zero-order valence-corrected chi connectivity index (χ0v) is 38.4. The van der Waals surface area contributed by atoms with Crippen LogP contribution in [-0.2, 0) is 20.4 Å². The van der Waals surface area contributed by atoms with Crippen LogP contribution in [-0.4, -0.2) is 41.2 Å². The molecule has 8 bridgehead atoms. The number of halogens is 1. The number of hydrogen-bond acceptors (Lipinski definition) is 6. The number of aliphatic carboxylic acids is 1. The van der Waals surface area contributed by atoms with Gasteiger partial charge < -0.3 is 25.0 Å². The molecule has 13 rings (SSSR count). The van der Waals surface area contributed by atoms with Gasteiger partial charge >= 0.3 is 11.9 Å². The van der Waals surface area contributed by atoms with E-state index < -0.39 is 11.9 Å². The van der Waals surface area contributed by atoms with Gasteiger partial charge in [0.2, 0.25) is 5.91 Å². The van der Waals surface area contributed by atoms with Crippen LogP contribution in [0.2, 0.25) is 5.02 Å². The molecule has 0 saturated heterocycles. The SMILES string of the molecule is CC(=O)NCCCOc1cc(C=CC(=O)O)ccc1-c1ccc(OC(=O)c2cccc3c(Cl)c(-c4ccc(O)c(C56CC7CC(CC(C7)C5)C6)c4)ccc23)c(C23CC4CC(CC(C4)C2)C3)c1. The van der Waals surface area contributed by atoms with Gasteiger partial charge in [-0.05, 0) is 194 Å². The summed E-state index contributed by atoms with van der Waals surface area (Å²) in [5.74, 6) is 4.21. The lowest BCUT2D eigenvalue weighted by molar-refractivity contribution is -0.131. The molecule has 8 aliphatic rings. The Morgan fingerprint density at radius 1 is 0.697 bits per heavy atom. The van der Waals surface area contributed by atoms with E-state index in [4.69, 9.17) is 21.1 Å². The number of carboxylic acid groups (broad SMARTS) is 1. The average Bonchev–Trinajstić information content (AvgIpc) is 3.27. The topological polar surface area (TPSA) is 122 Å². The van der Waals surface area contributed by atoms with Crippen molar-refractivity contribution in [2.45, 2.75) is 101 Å². The summed E-state index contributed by atoms with van der Waals surface area (Å²) in [5, 5.41) is 25.6.